The van der Waals surface area contributed by atoms with Crippen LogP contribution in [0.2, 0.25) is 0 Å². The van der Waals surface area contributed by atoms with Crippen LogP contribution < -0.4 is 0 Å². The van der Waals surface area contributed by atoms with Gasteiger partial charge in [-0.05, 0) is 47.5 Å². The number of hydrogen-bond donors (Lipinski definition) is 1. The Bertz CT molecular complexity index is 631. The number of carbonyl (C=O) groups excluding carboxylic acids is 1. The summed E-state index contributed by atoms with van der Waals surface area (Å²) in [6.07, 6.45) is 1.45. The third kappa shape index (κ3) is 4.27. The quantitative estimate of drug-likeness (QED) is 0.916. The number of carboxylic acid groups (broad SMARTS) is 1. The van der Waals surface area contributed by atoms with E-state index in [1.807, 2.05) is 39.3 Å². The minimum Gasteiger partial charge on any atom is -0.481 e. The first-order valence-electron chi connectivity index (χ1n) is 8.33. The molecule has 7 heteroatoms. The summed E-state index contributed by atoms with van der Waals surface area (Å²) in [4.78, 5) is 25.0. The van der Waals surface area contributed by atoms with Crippen LogP contribution in [0.15, 0.2) is 0 Å². The van der Waals surface area contributed by atoms with E-state index in [-0.39, 0.29) is 18.6 Å². The highest BCUT2D eigenvalue weighted by Crippen LogP contribution is 2.26. The van der Waals surface area contributed by atoms with E-state index in [4.69, 9.17) is 9.84 Å². The molecule has 2 heterocycles. The summed E-state index contributed by atoms with van der Waals surface area (Å²) in [5, 5.41) is 13.6. The Balaban J connectivity index is 2.15. The van der Waals surface area contributed by atoms with E-state index in [0.717, 1.165) is 29.8 Å². The number of nitrogens with zero attached hydrogens (tertiary/aromatic N) is 3. The number of carboxylic acids is 1. The van der Waals surface area contributed by atoms with Crippen LogP contribution in [0.25, 0.3) is 0 Å². The molecule has 1 aliphatic rings. The van der Waals surface area contributed by atoms with Crippen molar-refractivity contribution < 1.29 is 19.4 Å². The van der Waals surface area contributed by atoms with Crippen molar-refractivity contribution in [3.05, 3.63) is 17.0 Å². The van der Waals surface area contributed by atoms with Gasteiger partial charge in [0.2, 0.25) is 0 Å². The number of likely N-dealkylation sites (tertiary alicyclic amines) is 1. The maximum Gasteiger partial charge on any atom is 0.410 e. The lowest BCUT2D eigenvalue weighted by Gasteiger charge is -2.34. The van der Waals surface area contributed by atoms with Gasteiger partial charge >= 0.3 is 12.1 Å². The number of aromatic nitrogens is 2. The van der Waals surface area contributed by atoms with Gasteiger partial charge in [0.1, 0.15) is 5.60 Å². The highest BCUT2D eigenvalue weighted by molar-refractivity contribution is 5.71. The van der Waals surface area contributed by atoms with E-state index < -0.39 is 11.6 Å². The minimum atomic E-state index is -0.861. The Labute approximate surface area is 142 Å². The van der Waals surface area contributed by atoms with Crippen LogP contribution in [0.5, 0.6) is 0 Å². The number of aryl methyl sites for hydroxylation is 1. The predicted molar refractivity (Wildman–Crippen MR) is 89.1 cm³/mol. The molecule has 1 aliphatic heterocycles. The van der Waals surface area contributed by atoms with Crippen molar-refractivity contribution in [2.45, 2.75) is 65.5 Å². The molecule has 1 fully saturated rings. The largest absolute Gasteiger partial charge is 0.481 e. The molecule has 2 rings (SSSR count). The zero-order valence-corrected chi connectivity index (χ0v) is 15.1. The van der Waals surface area contributed by atoms with Crippen molar-refractivity contribution in [3.8, 4) is 0 Å². The lowest BCUT2D eigenvalue weighted by Crippen LogP contribution is -2.43. The average molecular weight is 337 g/mol. The van der Waals surface area contributed by atoms with E-state index in [2.05, 4.69) is 5.10 Å². The maximum atomic E-state index is 12.3. The molecule has 0 aliphatic carbocycles. The van der Waals surface area contributed by atoms with Crippen molar-refractivity contribution in [2.24, 2.45) is 0 Å². The number of rotatable bonds is 3. The number of ether oxygens (including phenoxy) is 1. The SMILES string of the molecule is Cc1nn(C2CCCN(C(=O)OC(C)(C)C)C2)c(C)c1CC(=O)O. The standard InChI is InChI=1S/C17H27N3O4/c1-11-14(9-15(21)22)12(2)20(18-11)13-7-6-8-19(10-13)16(23)24-17(3,4)5/h13H,6-10H2,1-5H3,(H,21,22). The molecule has 1 N–H and O–H groups in total. The smallest absolute Gasteiger partial charge is 0.410 e. The topological polar surface area (TPSA) is 84.7 Å². The summed E-state index contributed by atoms with van der Waals surface area (Å²) in [5.41, 5.74) is 1.85. The molecule has 0 saturated carbocycles. The van der Waals surface area contributed by atoms with E-state index in [9.17, 15) is 9.59 Å². The average Bonchev–Trinajstić information content (AvgIpc) is 2.73. The molecule has 1 saturated heterocycles. The third-order valence-corrected chi connectivity index (χ3v) is 4.20. The Morgan fingerprint density at radius 3 is 2.58 bits per heavy atom. The van der Waals surface area contributed by atoms with E-state index in [1.165, 1.54) is 0 Å². The molecule has 0 bridgehead atoms. The molecule has 0 aromatic carbocycles. The van der Waals surface area contributed by atoms with Gasteiger partial charge < -0.3 is 14.7 Å². The van der Waals surface area contributed by atoms with Gasteiger partial charge in [0, 0.05) is 24.3 Å². The van der Waals surface area contributed by atoms with Gasteiger partial charge in [0.05, 0.1) is 18.2 Å². The highest BCUT2D eigenvalue weighted by atomic mass is 16.6. The van der Waals surface area contributed by atoms with Crippen LogP contribution in [-0.4, -0.2) is 50.5 Å². The number of hydrogen-bond acceptors (Lipinski definition) is 4. The summed E-state index contributed by atoms with van der Waals surface area (Å²) in [7, 11) is 0. The third-order valence-electron chi connectivity index (χ3n) is 4.20. The number of piperidine rings is 1. The molecule has 1 aromatic rings. The van der Waals surface area contributed by atoms with E-state index in [1.54, 1.807) is 4.90 Å². The molecule has 0 spiro atoms. The second-order valence-corrected chi connectivity index (χ2v) is 7.39. The molecule has 134 valence electrons. The maximum absolute atomic E-state index is 12.3. The minimum absolute atomic E-state index is 0.0276. The fourth-order valence-corrected chi connectivity index (χ4v) is 3.11. The molecule has 0 radical (unpaired) electrons. The summed E-state index contributed by atoms with van der Waals surface area (Å²) < 4.78 is 7.33. The van der Waals surface area contributed by atoms with Crippen molar-refractivity contribution >= 4 is 12.1 Å². The molecular weight excluding hydrogens is 310 g/mol. The summed E-state index contributed by atoms with van der Waals surface area (Å²) >= 11 is 0. The molecule has 24 heavy (non-hydrogen) atoms. The van der Waals surface area contributed by atoms with Gasteiger partial charge in [-0.2, -0.15) is 5.10 Å². The second-order valence-electron chi connectivity index (χ2n) is 7.39. The Kier molecular flexibility index (Phi) is 5.20. The normalized spacial score (nSPS) is 18.5. The molecule has 1 unspecified atom stereocenters. The van der Waals surface area contributed by atoms with Crippen molar-refractivity contribution in [1.82, 2.24) is 14.7 Å². The first kappa shape index (κ1) is 18.3. The Morgan fingerprint density at radius 1 is 1.33 bits per heavy atom. The zero-order valence-electron chi connectivity index (χ0n) is 15.1. The first-order valence-corrected chi connectivity index (χ1v) is 8.33. The van der Waals surface area contributed by atoms with Crippen LogP contribution in [0.1, 0.15) is 56.6 Å². The van der Waals surface area contributed by atoms with Gasteiger partial charge in [-0.1, -0.05) is 0 Å². The van der Waals surface area contributed by atoms with E-state index >= 15 is 0 Å². The predicted octanol–water partition coefficient (Wildman–Crippen LogP) is 2.70. The van der Waals surface area contributed by atoms with Crippen molar-refractivity contribution in [1.29, 1.82) is 0 Å². The van der Waals surface area contributed by atoms with Crippen LogP contribution in [-0.2, 0) is 16.0 Å². The zero-order chi connectivity index (χ0) is 18.1. The Morgan fingerprint density at radius 2 is 2.00 bits per heavy atom. The molecule has 7 nitrogen and oxygen atoms in total. The molecule has 1 aromatic heterocycles. The summed E-state index contributed by atoms with van der Waals surface area (Å²) in [5.74, 6) is -0.861. The van der Waals surface area contributed by atoms with Crippen molar-refractivity contribution in [3.63, 3.8) is 0 Å². The summed E-state index contributed by atoms with van der Waals surface area (Å²) in [6.45, 7) is 10.5. The van der Waals surface area contributed by atoms with Gasteiger partial charge in [0.25, 0.3) is 0 Å². The number of carbonyl (C=O) groups is 2. The van der Waals surface area contributed by atoms with E-state index in [0.29, 0.717) is 13.1 Å². The Hall–Kier alpha value is -2.05. The van der Waals surface area contributed by atoms with Crippen molar-refractivity contribution in [2.75, 3.05) is 13.1 Å². The number of aliphatic carboxylic acids is 1. The highest BCUT2D eigenvalue weighted by Gasteiger charge is 2.30. The monoisotopic (exact) mass is 337 g/mol. The second kappa shape index (κ2) is 6.83. The van der Waals surface area contributed by atoms with Gasteiger partial charge in [0.15, 0.2) is 0 Å². The summed E-state index contributed by atoms with van der Waals surface area (Å²) in [6, 6.07) is 0.0486. The van der Waals surface area contributed by atoms with Crippen LogP contribution >= 0.6 is 0 Å². The lowest BCUT2D eigenvalue weighted by molar-refractivity contribution is -0.136. The fraction of sp³-hybridized carbons (Fsp3) is 0.706. The van der Waals surface area contributed by atoms with Crippen LogP contribution in [0.4, 0.5) is 4.79 Å². The van der Waals surface area contributed by atoms with Crippen LogP contribution in [0.3, 0.4) is 0 Å². The number of amides is 1. The van der Waals surface area contributed by atoms with Gasteiger partial charge in [-0.15, -0.1) is 0 Å². The lowest BCUT2D eigenvalue weighted by atomic mass is 10.1. The molecule has 1 atom stereocenters. The molecule has 1 amide bonds. The first-order chi connectivity index (χ1) is 11.1. The van der Waals surface area contributed by atoms with Gasteiger partial charge in [-0.3, -0.25) is 9.48 Å². The molecular formula is C17H27N3O4. The fourth-order valence-electron chi connectivity index (χ4n) is 3.11. The van der Waals surface area contributed by atoms with Gasteiger partial charge in [-0.25, -0.2) is 4.79 Å². The van der Waals surface area contributed by atoms with Crippen LogP contribution in [0, 0.1) is 13.8 Å².